The van der Waals surface area contributed by atoms with E-state index in [1.807, 2.05) is 20.8 Å². The van der Waals surface area contributed by atoms with Crippen molar-refractivity contribution in [2.45, 2.75) is 38.5 Å². The normalized spacial score (nSPS) is 22.2. The van der Waals surface area contributed by atoms with Gasteiger partial charge in [0.25, 0.3) is 5.91 Å². The van der Waals surface area contributed by atoms with Gasteiger partial charge in [0.2, 0.25) is 0 Å². The third-order valence-corrected chi connectivity index (χ3v) is 3.69. The van der Waals surface area contributed by atoms with E-state index in [9.17, 15) is 18.0 Å². The van der Waals surface area contributed by atoms with Crippen molar-refractivity contribution in [2.75, 3.05) is 13.1 Å². The number of hydrogen-bond acceptors (Lipinski definition) is 2. The molecule has 1 unspecified atom stereocenters. The number of rotatable bonds is 1. The van der Waals surface area contributed by atoms with Crippen molar-refractivity contribution in [3.63, 3.8) is 0 Å². The van der Waals surface area contributed by atoms with Crippen LogP contribution in [0.1, 0.15) is 36.7 Å². The SMILES string of the molecule is CC1CNC(C)(C)CN1C(=O)c1ccc(C(F)(F)F)cc1. The summed E-state index contributed by atoms with van der Waals surface area (Å²) in [5.74, 6) is -0.231. The number of nitrogens with zero attached hydrogens (tertiary/aromatic N) is 1. The predicted molar refractivity (Wildman–Crippen MR) is 74.0 cm³/mol. The molecule has 1 amide bonds. The van der Waals surface area contributed by atoms with Gasteiger partial charge in [-0.15, -0.1) is 0 Å². The van der Waals surface area contributed by atoms with Crippen LogP contribution >= 0.6 is 0 Å². The zero-order valence-electron chi connectivity index (χ0n) is 12.3. The Kier molecular flexibility index (Phi) is 4.02. The molecule has 0 saturated carbocycles. The maximum atomic E-state index is 12.5. The molecule has 1 heterocycles. The first-order valence-electron chi connectivity index (χ1n) is 6.83. The minimum atomic E-state index is -4.38. The lowest BCUT2D eigenvalue weighted by Gasteiger charge is -2.43. The molecule has 6 heteroatoms. The number of benzene rings is 1. The minimum Gasteiger partial charge on any atom is -0.333 e. The van der Waals surface area contributed by atoms with Crippen LogP contribution in [0.2, 0.25) is 0 Å². The van der Waals surface area contributed by atoms with E-state index in [-0.39, 0.29) is 23.1 Å². The van der Waals surface area contributed by atoms with Gasteiger partial charge in [0, 0.05) is 30.2 Å². The molecule has 0 bridgehead atoms. The van der Waals surface area contributed by atoms with Gasteiger partial charge in [-0.1, -0.05) is 0 Å². The second-order valence-electron chi connectivity index (χ2n) is 6.12. The highest BCUT2D eigenvalue weighted by atomic mass is 19.4. The van der Waals surface area contributed by atoms with E-state index in [0.717, 1.165) is 12.1 Å². The molecular formula is C15H19F3N2O. The second kappa shape index (κ2) is 5.33. The highest BCUT2D eigenvalue weighted by Gasteiger charge is 2.34. The van der Waals surface area contributed by atoms with Crippen molar-refractivity contribution in [3.8, 4) is 0 Å². The Bertz CT molecular complexity index is 523. The number of hydrogen-bond donors (Lipinski definition) is 1. The maximum Gasteiger partial charge on any atom is 0.416 e. The van der Waals surface area contributed by atoms with Crippen molar-refractivity contribution in [1.29, 1.82) is 0 Å². The fourth-order valence-corrected chi connectivity index (χ4v) is 2.41. The molecule has 116 valence electrons. The summed E-state index contributed by atoms with van der Waals surface area (Å²) in [6, 6.07) is 4.39. The van der Waals surface area contributed by atoms with Gasteiger partial charge >= 0.3 is 6.18 Å². The van der Waals surface area contributed by atoms with Gasteiger partial charge in [-0.05, 0) is 45.0 Å². The van der Waals surface area contributed by atoms with E-state index >= 15 is 0 Å². The quantitative estimate of drug-likeness (QED) is 0.865. The monoisotopic (exact) mass is 300 g/mol. The van der Waals surface area contributed by atoms with Gasteiger partial charge in [0.1, 0.15) is 0 Å². The van der Waals surface area contributed by atoms with Crippen LogP contribution in [0.5, 0.6) is 0 Å². The highest BCUT2D eigenvalue weighted by Crippen LogP contribution is 2.29. The Labute approximate surface area is 122 Å². The van der Waals surface area contributed by atoms with Gasteiger partial charge in [-0.3, -0.25) is 4.79 Å². The molecule has 1 fully saturated rings. The third kappa shape index (κ3) is 3.56. The van der Waals surface area contributed by atoms with Crippen LogP contribution in [0.25, 0.3) is 0 Å². The molecule has 1 atom stereocenters. The number of amides is 1. The Hall–Kier alpha value is -1.56. The van der Waals surface area contributed by atoms with Crippen molar-refractivity contribution >= 4 is 5.91 Å². The average Bonchev–Trinajstić information content (AvgIpc) is 2.40. The lowest BCUT2D eigenvalue weighted by Crippen LogP contribution is -2.62. The largest absolute Gasteiger partial charge is 0.416 e. The second-order valence-corrected chi connectivity index (χ2v) is 6.12. The first-order chi connectivity index (χ1) is 9.60. The topological polar surface area (TPSA) is 32.3 Å². The molecule has 2 rings (SSSR count). The smallest absolute Gasteiger partial charge is 0.333 e. The van der Waals surface area contributed by atoms with E-state index in [1.165, 1.54) is 12.1 Å². The first-order valence-corrected chi connectivity index (χ1v) is 6.83. The summed E-state index contributed by atoms with van der Waals surface area (Å²) in [6.45, 7) is 7.09. The van der Waals surface area contributed by atoms with Crippen LogP contribution in [-0.2, 0) is 6.18 Å². The van der Waals surface area contributed by atoms with E-state index in [4.69, 9.17) is 0 Å². The van der Waals surface area contributed by atoms with Gasteiger partial charge in [-0.2, -0.15) is 13.2 Å². The fourth-order valence-electron chi connectivity index (χ4n) is 2.41. The van der Waals surface area contributed by atoms with Crippen molar-refractivity contribution in [3.05, 3.63) is 35.4 Å². The zero-order chi connectivity index (χ0) is 15.8. The molecule has 1 aromatic rings. The molecule has 1 aromatic carbocycles. The Balaban J connectivity index is 2.19. The average molecular weight is 300 g/mol. The minimum absolute atomic E-state index is 0.00724. The summed E-state index contributed by atoms with van der Waals surface area (Å²) in [5, 5.41) is 3.33. The number of carbonyl (C=O) groups excluding carboxylic acids is 1. The third-order valence-electron chi connectivity index (χ3n) is 3.69. The van der Waals surface area contributed by atoms with Crippen LogP contribution < -0.4 is 5.32 Å². The van der Waals surface area contributed by atoms with E-state index < -0.39 is 11.7 Å². The number of halogens is 3. The summed E-state index contributed by atoms with van der Waals surface area (Å²) < 4.78 is 37.6. The van der Waals surface area contributed by atoms with E-state index in [0.29, 0.717) is 13.1 Å². The van der Waals surface area contributed by atoms with Crippen LogP contribution in [0, 0.1) is 0 Å². The van der Waals surface area contributed by atoms with Crippen LogP contribution in [0.4, 0.5) is 13.2 Å². The molecular weight excluding hydrogens is 281 g/mol. The lowest BCUT2D eigenvalue weighted by atomic mass is 9.98. The molecule has 0 aliphatic carbocycles. The molecule has 0 aromatic heterocycles. The lowest BCUT2D eigenvalue weighted by molar-refractivity contribution is -0.137. The van der Waals surface area contributed by atoms with Gasteiger partial charge < -0.3 is 10.2 Å². The summed E-state index contributed by atoms with van der Waals surface area (Å²) in [4.78, 5) is 14.2. The van der Waals surface area contributed by atoms with E-state index in [2.05, 4.69) is 5.32 Å². The molecule has 21 heavy (non-hydrogen) atoms. The van der Waals surface area contributed by atoms with Crippen LogP contribution in [0.3, 0.4) is 0 Å². The van der Waals surface area contributed by atoms with Crippen LogP contribution in [0.15, 0.2) is 24.3 Å². The number of carbonyl (C=O) groups is 1. The number of nitrogens with one attached hydrogen (secondary N) is 1. The van der Waals surface area contributed by atoms with Gasteiger partial charge in [0.05, 0.1) is 5.56 Å². The molecule has 1 N–H and O–H groups in total. The molecule has 0 radical (unpaired) electrons. The number of piperazine rings is 1. The fraction of sp³-hybridized carbons (Fsp3) is 0.533. The maximum absolute atomic E-state index is 12.5. The van der Waals surface area contributed by atoms with Crippen molar-refractivity contribution < 1.29 is 18.0 Å². The summed E-state index contributed by atoms with van der Waals surface area (Å²) in [7, 11) is 0. The molecule has 1 aliphatic rings. The number of alkyl halides is 3. The molecule has 1 aliphatic heterocycles. The van der Waals surface area contributed by atoms with Crippen molar-refractivity contribution in [2.24, 2.45) is 0 Å². The summed E-state index contributed by atoms with van der Waals surface area (Å²) in [5.41, 5.74) is -0.658. The van der Waals surface area contributed by atoms with Crippen LogP contribution in [-0.4, -0.2) is 35.5 Å². The molecule has 1 saturated heterocycles. The van der Waals surface area contributed by atoms with E-state index in [1.54, 1.807) is 4.90 Å². The summed E-state index contributed by atoms with van der Waals surface area (Å²) >= 11 is 0. The summed E-state index contributed by atoms with van der Waals surface area (Å²) in [6.07, 6.45) is -4.38. The highest BCUT2D eigenvalue weighted by molar-refractivity contribution is 5.94. The van der Waals surface area contributed by atoms with Crippen molar-refractivity contribution in [1.82, 2.24) is 10.2 Å². The van der Waals surface area contributed by atoms with Gasteiger partial charge in [-0.25, -0.2) is 0 Å². The molecule has 0 spiro atoms. The predicted octanol–water partition coefficient (Wildman–Crippen LogP) is 2.92. The zero-order valence-corrected chi connectivity index (χ0v) is 12.3. The Morgan fingerprint density at radius 1 is 1.29 bits per heavy atom. The Morgan fingerprint density at radius 2 is 1.86 bits per heavy atom. The first kappa shape index (κ1) is 15.8. The Morgan fingerprint density at radius 3 is 2.38 bits per heavy atom. The molecule has 3 nitrogen and oxygen atoms in total. The van der Waals surface area contributed by atoms with Gasteiger partial charge in [0.15, 0.2) is 0 Å². The standard InChI is InChI=1S/C15H19F3N2O/c1-10-8-19-14(2,3)9-20(10)13(21)11-4-6-12(7-5-11)15(16,17)18/h4-7,10,19H,8-9H2,1-3H3.